The second-order valence-corrected chi connectivity index (χ2v) is 12.1. The molecule has 168 valence electrons. The van der Waals surface area contributed by atoms with Gasteiger partial charge in [-0.1, -0.05) is 48.0 Å². The van der Waals surface area contributed by atoms with Crippen LogP contribution in [-0.2, 0) is 30.4 Å². The zero-order valence-electron chi connectivity index (χ0n) is 18.5. The van der Waals surface area contributed by atoms with E-state index >= 15 is 0 Å². The van der Waals surface area contributed by atoms with Gasteiger partial charge in [0, 0.05) is 36.2 Å². The minimum atomic E-state index is -0.944. The molecule has 1 saturated carbocycles. The van der Waals surface area contributed by atoms with Crippen molar-refractivity contribution >= 4 is 22.8 Å². The summed E-state index contributed by atoms with van der Waals surface area (Å²) in [5.74, 6) is 1.70. The third-order valence-corrected chi connectivity index (χ3v) is 9.40. The highest BCUT2D eigenvalue weighted by molar-refractivity contribution is 7.92. The number of benzene rings is 2. The monoisotopic (exact) mass is 458 g/mol. The third kappa shape index (κ3) is 5.85. The minimum absolute atomic E-state index is 0.149. The van der Waals surface area contributed by atoms with Crippen LogP contribution in [0.5, 0.6) is 0 Å². The Balaban J connectivity index is 1.42. The van der Waals surface area contributed by atoms with Crippen LogP contribution in [0.3, 0.4) is 0 Å². The second-order valence-electron chi connectivity index (χ2n) is 9.76. The molecule has 5 heteroatoms. The van der Waals surface area contributed by atoms with Crippen LogP contribution in [-0.4, -0.2) is 21.2 Å². The molecule has 2 aliphatic rings. The largest absolute Gasteiger partial charge is 0.615 e. The van der Waals surface area contributed by atoms with Gasteiger partial charge in [-0.3, -0.25) is 5.73 Å². The van der Waals surface area contributed by atoms with E-state index < -0.39 is 16.0 Å². The topological polar surface area (TPSA) is 75.1 Å². The van der Waals surface area contributed by atoms with Crippen molar-refractivity contribution in [3.05, 3.63) is 69.7 Å². The summed E-state index contributed by atoms with van der Waals surface area (Å²) in [7, 11) is 0. The van der Waals surface area contributed by atoms with E-state index in [2.05, 4.69) is 24.3 Å². The molecule has 3 nitrogen and oxygen atoms in total. The Bertz CT molecular complexity index is 899. The summed E-state index contributed by atoms with van der Waals surface area (Å²) in [6.45, 7) is 1.96. The van der Waals surface area contributed by atoms with Crippen LogP contribution in [0.25, 0.3) is 0 Å². The van der Waals surface area contributed by atoms with Crippen LogP contribution < -0.4 is 11.5 Å². The molecule has 0 heterocycles. The lowest BCUT2D eigenvalue weighted by Crippen LogP contribution is -2.46. The van der Waals surface area contributed by atoms with Crippen molar-refractivity contribution in [3.8, 4) is 0 Å². The number of rotatable bonds is 9. The van der Waals surface area contributed by atoms with Crippen LogP contribution in [0, 0.1) is 5.92 Å². The summed E-state index contributed by atoms with van der Waals surface area (Å²) in [6, 6.07) is 15.1. The van der Waals surface area contributed by atoms with Crippen LogP contribution >= 0.6 is 11.6 Å². The van der Waals surface area contributed by atoms with Crippen LogP contribution in [0.2, 0.25) is 5.02 Å². The van der Waals surface area contributed by atoms with Gasteiger partial charge in [-0.15, -0.1) is 0 Å². The Labute approximate surface area is 195 Å². The Morgan fingerprint density at radius 2 is 1.94 bits per heavy atom. The number of fused-ring (bicyclic) bond motifs is 1. The highest BCUT2D eigenvalue weighted by Crippen LogP contribution is 2.36. The van der Waals surface area contributed by atoms with Gasteiger partial charge in [-0.05, 0) is 84.4 Å². The lowest BCUT2D eigenvalue weighted by Gasteiger charge is -2.32. The van der Waals surface area contributed by atoms with E-state index in [1.807, 2.05) is 25.1 Å². The molecule has 4 atom stereocenters. The van der Waals surface area contributed by atoms with Gasteiger partial charge in [0.05, 0.1) is 0 Å². The molecule has 4 rings (SSSR count). The fourth-order valence-corrected chi connectivity index (χ4v) is 6.46. The highest BCUT2D eigenvalue weighted by Gasteiger charge is 2.37. The molecule has 0 amide bonds. The predicted octanol–water partition coefficient (Wildman–Crippen LogP) is 5.10. The van der Waals surface area contributed by atoms with Crippen molar-refractivity contribution in [1.29, 1.82) is 0 Å². The van der Waals surface area contributed by atoms with Gasteiger partial charge in [-0.2, -0.15) is 0 Å². The molecule has 0 saturated heterocycles. The third-order valence-electron chi connectivity index (χ3n) is 7.01. The first-order chi connectivity index (χ1) is 14.8. The van der Waals surface area contributed by atoms with E-state index in [9.17, 15) is 4.55 Å². The van der Waals surface area contributed by atoms with Gasteiger partial charge in [-0.25, -0.2) is 0 Å². The fourth-order valence-electron chi connectivity index (χ4n) is 4.74. The standard InChI is InChI=1S/C26H35ClN2OS/c1-26(29,31(30)17-19-8-9-19)14-4-5-18-10-11-20-12-13-25(28)23(22(20)15-18)16-21-6-2-3-7-24(21)27/h2-3,6-7,10-11,15,19,23,25H,4-5,8-9,12-14,16-17,28-29H2,1H3. The van der Waals surface area contributed by atoms with E-state index in [1.54, 1.807) is 0 Å². The van der Waals surface area contributed by atoms with Crippen molar-refractivity contribution < 1.29 is 4.55 Å². The summed E-state index contributed by atoms with van der Waals surface area (Å²) in [6.07, 6.45) is 8.04. The summed E-state index contributed by atoms with van der Waals surface area (Å²) in [5.41, 5.74) is 18.3. The molecule has 0 aromatic heterocycles. The average Bonchev–Trinajstić information content (AvgIpc) is 3.55. The Morgan fingerprint density at radius 1 is 1.16 bits per heavy atom. The van der Waals surface area contributed by atoms with E-state index in [0.717, 1.165) is 49.3 Å². The second kappa shape index (κ2) is 9.84. The molecule has 0 aliphatic heterocycles. The summed E-state index contributed by atoms with van der Waals surface area (Å²) in [4.78, 5) is -0.592. The van der Waals surface area contributed by atoms with E-state index in [0.29, 0.717) is 5.92 Å². The molecule has 0 bridgehead atoms. The van der Waals surface area contributed by atoms with Crippen molar-refractivity contribution in [2.24, 2.45) is 17.4 Å². The molecular formula is C26H35ClN2OS. The number of nitrogens with two attached hydrogens (primary N) is 2. The van der Waals surface area contributed by atoms with Crippen molar-refractivity contribution in [1.82, 2.24) is 0 Å². The molecule has 2 aromatic rings. The average molecular weight is 459 g/mol. The van der Waals surface area contributed by atoms with E-state index in [4.69, 9.17) is 23.1 Å². The number of halogens is 1. The molecule has 2 aliphatic carbocycles. The van der Waals surface area contributed by atoms with Crippen LogP contribution in [0.1, 0.15) is 67.2 Å². The Hall–Kier alpha value is -1.04. The zero-order valence-corrected chi connectivity index (χ0v) is 20.1. The lowest BCUT2D eigenvalue weighted by molar-refractivity contribution is 0.466. The maximum absolute atomic E-state index is 12.6. The molecule has 31 heavy (non-hydrogen) atoms. The predicted molar refractivity (Wildman–Crippen MR) is 132 cm³/mol. The normalized spacial score (nSPS) is 23.8. The van der Waals surface area contributed by atoms with Crippen LogP contribution in [0.4, 0.5) is 0 Å². The van der Waals surface area contributed by atoms with Gasteiger partial charge >= 0.3 is 0 Å². The first-order valence-corrected chi connectivity index (χ1v) is 13.3. The molecule has 4 N–H and O–H groups in total. The Kier molecular flexibility index (Phi) is 7.34. The van der Waals surface area contributed by atoms with Gasteiger partial charge in [0.1, 0.15) is 5.75 Å². The SMILES string of the molecule is CC(N)(CCCc1ccc2c(c1)C(Cc1ccccc1Cl)C(N)CC2)[S+]([O-])CC1CC1. The lowest BCUT2D eigenvalue weighted by atomic mass is 9.76. The van der Waals surface area contributed by atoms with Gasteiger partial charge in [0.15, 0.2) is 4.87 Å². The van der Waals surface area contributed by atoms with Crippen LogP contribution in [0.15, 0.2) is 42.5 Å². The molecule has 0 radical (unpaired) electrons. The van der Waals surface area contributed by atoms with Crippen molar-refractivity contribution in [2.45, 2.75) is 75.1 Å². The number of aryl methyl sites for hydroxylation is 2. The van der Waals surface area contributed by atoms with Crippen molar-refractivity contribution in [2.75, 3.05) is 5.75 Å². The van der Waals surface area contributed by atoms with E-state index in [-0.39, 0.29) is 12.0 Å². The van der Waals surface area contributed by atoms with Gasteiger partial charge < -0.3 is 10.3 Å². The minimum Gasteiger partial charge on any atom is -0.615 e. The number of hydrogen-bond acceptors (Lipinski definition) is 3. The van der Waals surface area contributed by atoms with E-state index in [1.165, 1.54) is 35.1 Å². The molecule has 0 spiro atoms. The maximum Gasteiger partial charge on any atom is 0.171 e. The highest BCUT2D eigenvalue weighted by atomic mass is 35.5. The maximum atomic E-state index is 12.6. The number of hydrogen-bond donors (Lipinski definition) is 2. The quantitative estimate of drug-likeness (QED) is 0.513. The molecule has 1 fully saturated rings. The summed E-state index contributed by atoms with van der Waals surface area (Å²) < 4.78 is 12.6. The first kappa shape index (κ1) is 23.1. The summed E-state index contributed by atoms with van der Waals surface area (Å²) in [5, 5.41) is 0.819. The smallest absolute Gasteiger partial charge is 0.171 e. The summed E-state index contributed by atoms with van der Waals surface area (Å²) >= 11 is 5.50. The molecule has 2 aromatic carbocycles. The molecular weight excluding hydrogens is 424 g/mol. The van der Waals surface area contributed by atoms with Gasteiger partial charge in [0.25, 0.3) is 0 Å². The van der Waals surface area contributed by atoms with Gasteiger partial charge in [0.2, 0.25) is 0 Å². The Morgan fingerprint density at radius 3 is 2.68 bits per heavy atom. The van der Waals surface area contributed by atoms with Crippen molar-refractivity contribution in [3.63, 3.8) is 0 Å². The first-order valence-electron chi connectivity index (χ1n) is 11.6. The fraction of sp³-hybridized carbons (Fsp3) is 0.538. The molecule has 4 unspecified atom stereocenters. The zero-order chi connectivity index (χ0) is 22.0.